The molecule has 120 valence electrons. The molecule has 2 aromatic rings. The number of nitrogens with one attached hydrogen (secondary N) is 1. The number of hydrazone groups is 1. The lowest BCUT2D eigenvalue weighted by atomic mass is 10.2. The van der Waals surface area contributed by atoms with Gasteiger partial charge in [-0.15, -0.1) is 0 Å². The molecule has 0 radical (unpaired) electrons. The lowest BCUT2D eigenvalue weighted by molar-refractivity contribution is 0.0952. The molecule has 0 aliphatic carbocycles. The number of aromatic hydroxyl groups is 1. The van der Waals surface area contributed by atoms with Crippen LogP contribution in [0.1, 0.15) is 21.5 Å². The molecule has 0 saturated carbocycles. The van der Waals surface area contributed by atoms with Gasteiger partial charge in [0.15, 0.2) is 0 Å². The molecule has 0 aliphatic rings. The van der Waals surface area contributed by atoms with E-state index >= 15 is 0 Å². The summed E-state index contributed by atoms with van der Waals surface area (Å²) in [5, 5.41) is 13.7. The Balaban J connectivity index is 2.10. The van der Waals surface area contributed by atoms with Crippen LogP contribution in [0.25, 0.3) is 0 Å². The van der Waals surface area contributed by atoms with Crippen molar-refractivity contribution < 1.29 is 14.6 Å². The molecule has 7 heteroatoms. The third kappa shape index (κ3) is 4.33. The summed E-state index contributed by atoms with van der Waals surface area (Å²) in [4.78, 5) is 12.0. The van der Waals surface area contributed by atoms with Gasteiger partial charge in [0.1, 0.15) is 11.5 Å². The maximum atomic E-state index is 12.0. The molecule has 0 spiro atoms. The Morgan fingerprint density at radius 2 is 1.91 bits per heavy atom. The molecule has 0 fully saturated rings. The van der Waals surface area contributed by atoms with E-state index in [1.54, 1.807) is 6.07 Å². The first-order valence-electron chi connectivity index (χ1n) is 6.58. The summed E-state index contributed by atoms with van der Waals surface area (Å²) < 4.78 is 6.85. The monoisotopic (exact) mass is 440 g/mol. The van der Waals surface area contributed by atoms with Crippen LogP contribution in [-0.2, 0) is 0 Å². The van der Waals surface area contributed by atoms with Crippen LogP contribution in [0.15, 0.2) is 44.4 Å². The van der Waals surface area contributed by atoms with Crippen molar-refractivity contribution in [2.24, 2.45) is 5.10 Å². The first-order chi connectivity index (χ1) is 10.9. The lowest BCUT2D eigenvalue weighted by Gasteiger charge is -2.06. The van der Waals surface area contributed by atoms with Crippen LogP contribution in [0.3, 0.4) is 0 Å². The van der Waals surface area contributed by atoms with E-state index in [0.717, 1.165) is 20.1 Å². The third-order valence-electron chi connectivity index (χ3n) is 3.13. The minimum Gasteiger partial charge on any atom is -0.507 e. The fourth-order valence-electron chi connectivity index (χ4n) is 1.80. The Hall–Kier alpha value is -1.86. The first-order valence-corrected chi connectivity index (χ1v) is 8.17. The minimum absolute atomic E-state index is 0.120. The van der Waals surface area contributed by atoms with E-state index in [2.05, 4.69) is 42.4 Å². The van der Waals surface area contributed by atoms with Gasteiger partial charge < -0.3 is 9.84 Å². The Morgan fingerprint density at radius 3 is 2.48 bits per heavy atom. The van der Waals surface area contributed by atoms with Gasteiger partial charge >= 0.3 is 0 Å². The molecule has 1 amide bonds. The van der Waals surface area contributed by atoms with E-state index in [0.29, 0.717) is 5.75 Å². The number of amides is 1. The number of phenolic OH excluding ortho intramolecular Hbond substituents is 1. The third-order valence-corrected chi connectivity index (χ3v) is 4.78. The Kier molecular flexibility index (Phi) is 5.79. The second-order valence-corrected chi connectivity index (χ2v) is 6.40. The van der Waals surface area contributed by atoms with Crippen LogP contribution in [0.2, 0.25) is 0 Å². The van der Waals surface area contributed by atoms with Crippen LogP contribution >= 0.6 is 31.9 Å². The molecule has 0 heterocycles. The highest BCUT2D eigenvalue weighted by molar-refractivity contribution is 9.11. The summed E-state index contributed by atoms with van der Waals surface area (Å²) in [5.41, 5.74) is 4.39. The van der Waals surface area contributed by atoms with Crippen molar-refractivity contribution in [1.29, 1.82) is 0 Å². The molecule has 2 rings (SSSR count). The van der Waals surface area contributed by atoms with Gasteiger partial charge in [-0.1, -0.05) is 31.9 Å². The van der Waals surface area contributed by atoms with E-state index in [-0.39, 0.29) is 11.3 Å². The summed E-state index contributed by atoms with van der Waals surface area (Å²) in [7, 11) is 1.48. The number of hydrogen-bond donors (Lipinski definition) is 2. The van der Waals surface area contributed by atoms with E-state index in [9.17, 15) is 9.90 Å². The fourth-order valence-corrected chi connectivity index (χ4v) is 3.02. The topological polar surface area (TPSA) is 70.9 Å². The molecule has 0 aromatic heterocycles. The Morgan fingerprint density at radius 1 is 1.26 bits per heavy atom. The molecule has 5 nitrogen and oxygen atoms in total. The average molecular weight is 442 g/mol. The molecule has 23 heavy (non-hydrogen) atoms. The number of ether oxygens (including phenoxy) is 1. The van der Waals surface area contributed by atoms with Gasteiger partial charge in [0.2, 0.25) is 0 Å². The minimum atomic E-state index is -0.508. The van der Waals surface area contributed by atoms with Gasteiger partial charge in [-0.2, -0.15) is 5.10 Å². The predicted octanol–water partition coefficient (Wildman–Crippen LogP) is 4.00. The highest BCUT2D eigenvalue weighted by Gasteiger charge is 2.11. The van der Waals surface area contributed by atoms with Crippen LogP contribution in [0.4, 0.5) is 0 Å². The summed E-state index contributed by atoms with van der Waals surface area (Å²) in [6, 6.07) is 8.21. The molecule has 0 aliphatic heterocycles. The normalized spacial score (nSPS) is 10.8. The largest absolute Gasteiger partial charge is 0.507 e. The van der Waals surface area contributed by atoms with Gasteiger partial charge in [0, 0.05) is 15.0 Å². The first kappa shape index (κ1) is 17.5. The summed E-state index contributed by atoms with van der Waals surface area (Å²) >= 11 is 6.91. The Bertz CT molecular complexity index is 753. The van der Waals surface area contributed by atoms with E-state index in [1.807, 2.05) is 19.1 Å². The highest BCUT2D eigenvalue weighted by atomic mass is 79.9. The summed E-state index contributed by atoms with van der Waals surface area (Å²) in [5.74, 6) is -0.207. The standard InChI is InChI=1S/C16H14Br2N2O3/c1-9-13(17)5-10(6-14(9)18)8-19-20-16(22)12-4-3-11(23-2)7-15(12)21/h3-8,21H,1-2H3,(H,20,22)/b19-8-. The Labute approximate surface area is 150 Å². The quantitative estimate of drug-likeness (QED) is 0.556. The van der Waals surface area contributed by atoms with Gasteiger partial charge in [-0.25, -0.2) is 5.43 Å². The SMILES string of the molecule is COc1ccc(C(=O)N/N=C\c2cc(Br)c(C)c(Br)c2)c(O)c1. The van der Waals surface area contributed by atoms with Crippen molar-refractivity contribution in [1.82, 2.24) is 5.43 Å². The number of rotatable bonds is 4. The number of nitrogens with zero attached hydrogens (tertiary/aromatic N) is 1. The molecule has 0 unspecified atom stereocenters. The number of hydrogen-bond acceptors (Lipinski definition) is 4. The van der Waals surface area contributed by atoms with Crippen LogP contribution in [0.5, 0.6) is 11.5 Å². The van der Waals surface area contributed by atoms with Crippen molar-refractivity contribution in [3.05, 3.63) is 56.0 Å². The van der Waals surface area contributed by atoms with Gasteiger partial charge in [-0.3, -0.25) is 4.79 Å². The average Bonchev–Trinajstić information content (AvgIpc) is 2.52. The smallest absolute Gasteiger partial charge is 0.275 e. The van der Waals surface area contributed by atoms with Gasteiger partial charge in [0.05, 0.1) is 18.9 Å². The van der Waals surface area contributed by atoms with Crippen molar-refractivity contribution in [2.45, 2.75) is 6.92 Å². The van der Waals surface area contributed by atoms with Gasteiger partial charge in [0.25, 0.3) is 5.91 Å². The molecular weight excluding hydrogens is 428 g/mol. The maximum Gasteiger partial charge on any atom is 0.275 e. The number of methoxy groups -OCH3 is 1. The summed E-state index contributed by atoms with van der Waals surface area (Å²) in [6.45, 7) is 1.98. The molecule has 2 aromatic carbocycles. The van der Waals surface area contributed by atoms with Crippen molar-refractivity contribution in [3.8, 4) is 11.5 Å². The molecule has 0 bridgehead atoms. The second-order valence-electron chi connectivity index (χ2n) is 4.69. The van der Waals surface area contributed by atoms with Crippen LogP contribution < -0.4 is 10.2 Å². The van der Waals surface area contributed by atoms with Crippen molar-refractivity contribution in [2.75, 3.05) is 7.11 Å². The number of carbonyl (C=O) groups is 1. The zero-order valence-electron chi connectivity index (χ0n) is 12.4. The van der Waals surface area contributed by atoms with Crippen molar-refractivity contribution in [3.63, 3.8) is 0 Å². The van der Waals surface area contributed by atoms with E-state index in [4.69, 9.17) is 4.74 Å². The fraction of sp³-hybridized carbons (Fsp3) is 0.125. The zero-order valence-corrected chi connectivity index (χ0v) is 15.6. The molecule has 2 N–H and O–H groups in total. The highest BCUT2D eigenvalue weighted by Crippen LogP contribution is 2.26. The summed E-state index contributed by atoms with van der Waals surface area (Å²) in [6.07, 6.45) is 1.52. The van der Waals surface area contributed by atoms with Crippen LogP contribution in [0, 0.1) is 6.92 Å². The van der Waals surface area contributed by atoms with Crippen LogP contribution in [-0.4, -0.2) is 24.3 Å². The number of benzene rings is 2. The zero-order chi connectivity index (χ0) is 17.0. The molecule has 0 atom stereocenters. The van der Waals surface area contributed by atoms with E-state index < -0.39 is 5.91 Å². The number of carbonyl (C=O) groups excluding carboxylic acids is 1. The maximum absolute atomic E-state index is 12.0. The molecular formula is C16H14Br2N2O3. The van der Waals surface area contributed by atoms with E-state index in [1.165, 1.54) is 25.5 Å². The lowest BCUT2D eigenvalue weighted by Crippen LogP contribution is -2.17. The molecule has 0 saturated heterocycles. The number of halogens is 2. The van der Waals surface area contributed by atoms with Gasteiger partial charge in [-0.05, 0) is 42.3 Å². The second kappa shape index (κ2) is 7.61. The number of phenols is 1. The van der Waals surface area contributed by atoms with Crippen molar-refractivity contribution >= 4 is 44.0 Å². The predicted molar refractivity (Wildman–Crippen MR) is 96.3 cm³/mol.